The molecule has 0 radical (unpaired) electrons. The van der Waals surface area contributed by atoms with Crippen LogP contribution in [0, 0.1) is 6.92 Å². The number of aromatic nitrogens is 4. The second-order valence-electron chi connectivity index (χ2n) is 5.98. The SMILES string of the molecule is Cc1ccc(Cl)c(N2CCN(Nc3ncc4cn[nH]c4n3)CC2)c1Br. The van der Waals surface area contributed by atoms with Crippen LogP contribution >= 0.6 is 27.5 Å². The first-order valence-corrected chi connectivity index (χ1v) is 9.16. The summed E-state index contributed by atoms with van der Waals surface area (Å²) < 4.78 is 1.06. The van der Waals surface area contributed by atoms with Crippen molar-refractivity contribution in [2.24, 2.45) is 0 Å². The number of aryl methyl sites for hydroxylation is 1. The zero-order chi connectivity index (χ0) is 17.4. The molecule has 0 atom stereocenters. The summed E-state index contributed by atoms with van der Waals surface area (Å²) in [5.41, 5.74) is 6.24. The van der Waals surface area contributed by atoms with Crippen LogP contribution in [0.5, 0.6) is 0 Å². The number of hydrogen-bond donors (Lipinski definition) is 2. The van der Waals surface area contributed by atoms with Gasteiger partial charge in [0.2, 0.25) is 5.95 Å². The molecule has 0 bridgehead atoms. The van der Waals surface area contributed by atoms with E-state index in [9.17, 15) is 0 Å². The summed E-state index contributed by atoms with van der Waals surface area (Å²) in [5.74, 6) is 0.569. The first kappa shape index (κ1) is 16.6. The standard InChI is InChI=1S/C16H17BrClN7/c1-10-2-3-12(18)14(13(10)17)24-4-6-25(7-5-24)23-16-19-8-11-9-20-22-15(11)21-16/h2-3,8-9H,4-7H2,1H3,(H2,19,20,21,22,23). The molecule has 1 aromatic carbocycles. The number of nitrogens with one attached hydrogen (secondary N) is 2. The van der Waals surface area contributed by atoms with Crippen LogP contribution in [0.25, 0.3) is 11.0 Å². The van der Waals surface area contributed by atoms with Crippen LogP contribution in [0.15, 0.2) is 29.0 Å². The first-order chi connectivity index (χ1) is 12.1. The van der Waals surface area contributed by atoms with Crippen molar-refractivity contribution in [3.8, 4) is 0 Å². The Labute approximate surface area is 158 Å². The van der Waals surface area contributed by atoms with Crippen molar-refractivity contribution in [1.29, 1.82) is 0 Å². The van der Waals surface area contributed by atoms with Crippen LogP contribution in [-0.2, 0) is 0 Å². The number of aromatic amines is 1. The number of nitrogens with zero attached hydrogens (tertiary/aromatic N) is 5. The monoisotopic (exact) mass is 421 g/mol. The molecule has 0 saturated carbocycles. The van der Waals surface area contributed by atoms with Crippen molar-refractivity contribution in [3.05, 3.63) is 39.6 Å². The highest BCUT2D eigenvalue weighted by Gasteiger charge is 2.22. The lowest BCUT2D eigenvalue weighted by molar-refractivity contribution is 0.305. The molecule has 9 heteroatoms. The number of rotatable bonds is 3. The molecule has 1 aliphatic heterocycles. The van der Waals surface area contributed by atoms with E-state index in [2.05, 4.69) is 58.4 Å². The molecule has 1 saturated heterocycles. The normalized spacial score (nSPS) is 15.7. The van der Waals surface area contributed by atoms with Gasteiger partial charge in [0.05, 0.1) is 22.3 Å². The van der Waals surface area contributed by atoms with Crippen molar-refractivity contribution in [2.45, 2.75) is 6.92 Å². The summed E-state index contributed by atoms with van der Waals surface area (Å²) >= 11 is 10.1. The number of piperazine rings is 1. The zero-order valence-electron chi connectivity index (χ0n) is 13.6. The van der Waals surface area contributed by atoms with Gasteiger partial charge in [-0.25, -0.2) is 9.99 Å². The van der Waals surface area contributed by atoms with Crippen LogP contribution in [-0.4, -0.2) is 51.4 Å². The average molecular weight is 423 g/mol. The van der Waals surface area contributed by atoms with Gasteiger partial charge < -0.3 is 4.90 Å². The van der Waals surface area contributed by atoms with Gasteiger partial charge in [0.25, 0.3) is 0 Å². The summed E-state index contributed by atoms with van der Waals surface area (Å²) in [6, 6.07) is 3.98. The molecule has 7 nitrogen and oxygen atoms in total. The third-order valence-corrected chi connectivity index (χ3v) is 5.61. The third kappa shape index (κ3) is 3.29. The maximum absolute atomic E-state index is 6.42. The van der Waals surface area contributed by atoms with E-state index in [0.29, 0.717) is 5.95 Å². The van der Waals surface area contributed by atoms with E-state index in [1.807, 2.05) is 12.1 Å². The van der Waals surface area contributed by atoms with Crippen LogP contribution < -0.4 is 10.3 Å². The van der Waals surface area contributed by atoms with Crippen LogP contribution in [0.2, 0.25) is 5.02 Å². The topological polar surface area (TPSA) is 73.0 Å². The summed E-state index contributed by atoms with van der Waals surface area (Å²) in [6.07, 6.45) is 3.47. The minimum absolute atomic E-state index is 0.569. The lowest BCUT2D eigenvalue weighted by Gasteiger charge is -2.37. The summed E-state index contributed by atoms with van der Waals surface area (Å²) in [4.78, 5) is 11.0. The van der Waals surface area contributed by atoms with Gasteiger partial charge in [-0.3, -0.25) is 10.5 Å². The highest BCUT2D eigenvalue weighted by molar-refractivity contribution is 9.10. The Morgan fingerprint density at radius 3 is 2.80 bits per heavy atom. The molecular formula is C16H17BrClN7. The van der Waals surface area contributed by atoms with Gasteiger partial charge >= 0.3 is 0 Å². The molecule has 1 fully saturated rings. The van der Waals surface area contributed by atoms with Gasteiger partial charge in [-0.15, -0.1) is 0 Å². The van der Waals surface area contributed by atoms with E-state index < -0.39 is 0 Å². The fourth-order valence-electron chi connectivity index (χ4n) is 2.91. The Morgan fingerprint density at radius 2 is 2.00 bits per heavy atom. The van der Waals surface area contributed by atoms with E-state index in [1.165, 1.54) is 5.56 Å². The molecule has 2 aromatic heterocycles. The van der Waals surface area contributed by atoms with Crippen molar-refractivity contribution in [1.82, 2.24) is 25.2 Å². The lowest BCUT2D eigenvalue weighted by Crippen LogP contribution is -2.49. The van der Waals surface area contributed by atoms with Gasteiger partial charge in [0, 0.05) is 36.8 Å². The van der Waals surface area contributed by atoms with E-state index in [-0.39, 0.29) is 0 Å². The second kappa shape index (κ2) is 6.78. The highest BCUT2D eigenvalue weighted by Crippen LogP contribution is 2.36. The predicted molar refractivity (Wildman–Crippen MR) is 103 cm³/mol. The van der Waals surface area contributed by atoms with E-state index in [4.69, 9.17) is 11.6 Å². The number of fused-ring (bicyclic) bond motifs is 1. The molecule has 0 amide bonds. The van der Waals surface area contributed by atoms with Gasteiger partial charge in [-0.05, 0) is 34.5 Å². The van der Waals surface area contributed by atoms with Gasteiger partial charge in [0.15, 0.2) is 5.65 Å². The Morgan fingerprint density at radius 1 is 1.20 bits per heavy atom. The third-order valence-electron chi connectivity index (χ3n) is 4.31. The van der Waals surface area contributed by atoms with Gasteiger partial charge in [-0.1, -0.05) is 17.7 Å². The molecule has 25 heavy (non-hydrogen) atoms. The van der Waals surface area contributed by atoms with Crippen molar-refractivity contribution >= 4 is 50.2 Å². The largest absolute Gasteiger partial charge is 0.367 e. The smallest absolute Gasteiger partial charge is 0.239 e. The summed E-state index contributed by atoms with van der Waals surface area (Å²) in [5, 5.41) is 10.6. The number of benzene rings is 1. The Balaban J connectivity index is 1.44. The fourth-order valence-corrected chi connectivity index (χ4v) is 3.89. The second-order valence-corrected chi connectivity index (χ2v) is 7.18. The molecule has 4 rings (SSSR count). The maximum atomic E-state index is 6.42. The number of hydrazine groups is 1. The van der Waals surface area contributed by atoms with Gasteiger partial charge in [0.1, 0.15) is 0 Å². The molecule has 1 aliphatic rings. The van der Waals surface area contributed by atoms with Crippen molar-refractivity contribution in [2.75, 3.05) is 36.5 Å². The van der Waals surface area contributed by atoms with E-state index in [0.717, 1.165) is 52.4 Å². The fraction of sp³-hybridized carbons (Fsp3) is 0.312. The number of halogens is 2. The Hall–Kier alpha value is -1.90. The molecule has 0 unspecified atom stereocenters. The summed E-state index contributed by atoms with van der Waals surface area (Å²) in [7, 11) is 0. The number of hydrogen-bond acceptors (Lipinski definition) is 6. The quantitative estimate of drug-likeness (QED) is 0.675. The van der Waals surface area contributed by atoms with E-state index >= 15 is 0 Å². The first-order valence-electron chi connectivity index (χ1n) is 7.99. The molecule has 3 heterocycles. The van der Waals surface area contributed by atoms with Crippen LogP contribution in [0.1, 0.15) is 5.56 Å². The minimum Gasteiger partial charge on any atom is -0.367 e. The Kier molecular flexibility index (Phi) is 4.49. The minimum atomic E-state index is 0.569. The Bertz CT molecular complexity index is 905. The summed E-state index contributed by atoms with van der Waals surface area (Å²) in [6.45, 7) is 5.47. The van der Waals surface area contributed by atoms with E-state index in [1.54, 1.807) is 12.4 Å². The number of anilines is 2. The molecule has 0 aliphatic carbocycles. The zero-order valence-corrected chi connectivity index (χ0v) is 16.0. The van der Waals surface area contributed by atoms with Crippen LogP contribution in [0.3, 0.4) is 0 Å². The lowest BCUT2D eigenvalue weighted by atomic mass is 10.2. The van der Waals surface area contributed by atoms with Gasteiger partial charge in [-0.2, -0.15) is 10.1 Å². The molecule has 2 N–H and O–H groups in total. The van der Waals surface area contributed by atoms with Crippen molar-refractivity contribution in [3.63, 3.8) is 0 Å². The average Bonchev–Trinajstić information content (AvgIpc) is 3.08. The molecular weight excluding hydrogens is 406 g/mol. The molecule has 130 valence electrons. The maximum Gasteiger partial charge on any atom is 0.239 e. The number of H-pyrrole nitrogens is 1. The predicted octanol–water partition coefficient (Wildman–Crippen LogP) is 3.23. The van der Waals surface area contributed by atoms with Crippen molar-refractivity contribution < 1.29 is 0 Å². The van der Waals surface area contributed by atoms with Crippen LogP contribution in [0.4, 0.5) is 11.6 Å². The highest BCUT2D eigenvalue weighted by atomic mass is 79.9. The molecule has 0 spiro atoms. The molecule has 3 aromatic rings.